The van der Waals surface area contributed by atoms with E-state index in [4.69, 9.17) is 10.5 Å². The fraction of sp³-hybridized carbons (Fsp3) is 0.379. The number of ether oxygens (including phenoxy) is 1. The number of nitrogen functional groups attached to an aromatic ring is 1. The van der Waals surface area contributed by atoms with Crippen molar-refractivity contribution in [3.8, 4) is 5.75 Å². The predicted molar refractivity (Wildman–Crippen MR) is 155 cm³/mol. The molecule has 4 rings (SSSR count). The maximum Gasteiger partial charge on any atom is 0.123 e. The summed E-state index contributed by atoms with van der Waals surface area (Å²) in [5.41, 5.74) is 13.5. The van der Waals surface area contributed by atoms with Crippen LogP contribution in [0.25, 0.3) is 0 Å². The fourth-order valence-electron chi connectivity index (χ4n) is 4.60. The van der Waals surface area contributed by atoms with Crippen LogP contribution in [0.15, 0.2) is 54.6 Å². The molecule has 3 N–H and O–H groups in total. The average molecular weight is 551 g/mol. The van der Waals surface area contributed by atoms with Crippen molar-refractivity contribution >= 4 is 36.2 Å². The van der Waals surface area contributed by atoms with Gasteiger partial charge in [0.15, 0.2) is 0 Å². The van der Waals surface area contributed by atoms with E-state index in [2.05, 4.69) is 34.1 Å². The van der Waals surface area contributed by atoms with Crippen molar-refractivity contribution in [1.29, 1.82) is 0 Å². The van der Waals surface area contributed by atoms with Crippen LogP contribution in [0.2, 0.25) is 0 Å². The molecule has 0 bridgehead atoms. The van der Waals surface area contributed by atoms with E-state index in [1.54, 1.807) is 0 Å². The van der Waals surface area contributed by atoms with Crippen molar-refractivity contribution in [2.75, 3.05) is 50.0 Å². The second-order valence-electron chi connectivity index (χ2n) is 9.58. The number of anilines is 2. The van der Waals surface area contributed by atoms with E-state index in [0.29, 0.717) is 6.54 Å². The van der Waals surface area contributed by atoms with Crippen LogP contribution in [-0.4, -0.2) is 55.4 Å². The minimum atomic E-state index is -0.551. The van der Waals surface area contributed by atoms with E-state index < -0.39 is 6.10 Å². The molecular weight excluding hydrogens is 512 g/mol. The highest BCUT2D eigenvalue weighted by Gasteiger charge is 2.20. The summed E-state index contributed by atoms with van der Waals surface area (Å²) in [6.07, 6.45) is 0.244. The summed E-state index contributed by atoms with van der Waals surface area (Å²) in [5, 5.41) is 10.6. The maximum absolute atomic E-state index is 13.1. The number of hydrogen-bond donors (Lipinski definition) is 2. The van der Waals surface area contributed by atoms with Crippen LogP contribution in [0.1, 0.15) is 27.8 Å². The highest BCUT2D eigenvalue weighted by atomic mass is 35.5. The Morgan fingerprint density at radius 2 is 1.46 bits per heavy atom. The van der Waals surface area contributed by atoms with Gasteiger partial charge in [0.2, 0.25) is 0 Å². The average Bonchev–Trinajstić information content (AvgIpc) is 2.86. The molecule has 0 amide bonds. The third kappa shape index (κ3) is 7.99. The first-order valence-electron chi connectivity index (χ1n) is 12.3. The summed E-state index contributed by atoms with van der Waals surface area (Å²) >= 11 is 0. The summed E-state index contributed by atoms with van der Waals surface area (Å²) in [4.78, 5) is 4.67. The first kappa shape index (κ1) is 30.7. The molecule has 1 aliphatic rings. The van der Waals surface area contributed by atoms with Crippen molar-refractivity contribution < 1.29 is 14.2 Å². The van der Waals surface area contributed by atoms with Gasteiger partial charge in [-0.05, 0) is 85.3 Å². The van der Waals surface area contributed by atoms with Gasteiger partial charge in [-0.3, -0.25) is 4.90 Å². The standard InChI is InChI=1S/C29H36FN3O2.2ClH/c1-20-16-28(21(2)22(3)29(20)31)35-19-27(34)18-32-12-14-33(15-13-32)26-10-6-24(7-11-26)17-23-4-8-25(30)9-5-23;;/h4-11,16,27,34H,12-15,17-19,31H2,1-3H3;2*1H/t27-;;/m0../s1. The second-order valence-corrected chi connectivity index (χ2v) is 9.58. The Labute approximate surface area is 232 Å². The molecular formula is C29H38Cl2FN3O2. The van der Waals surface area contributed by atoms with Gasteiger partial charge in [-0.1, -0.05) is 24.3 Å². The van der Waals surface area contributed by atoms with Crippen LogP contribution in [0, 0.1) is 26.6 Å². The molecule has 1 saturated heterocycles. The Morgan fingerprint density at radius 3 is 2.05 bits per heavy atom. The van der Waals surface area contributed by atoms with Gasteiger partial charge in [-0.2, -0.15) is 0 Å². The lowest BCUT2D eigenvalue weighted by Crippen LogP contribution is -2.49. The molecule has 1 heterocycles. The quantitative estimate of drug-likeness (QED) is 0.372. The molecule has 202 valence electrons. The molecule has 1 atom stereocenters. The summed E-state index contributed by atoms with van der Waals surface area (Å²) in [7, 11) is 0. The van der Waals surface area contributed by atoms with Crippen LogP contribution in [-0.2, 0) is 6.42 Å². The van der Waals surface area contributed by atoms with E-state index in [1.807, 2.05) is 39.0 Å². The number of benzene rings is 3. The van der Waals surface area contributed by atoms with Gasteiger partial charge < -0.3 is 20.5 Å². The Balaban J connectivity index is 0.00000241. The Bertz CT molecular complexity index is 1140. The minimum absolute atomic E-state index is 0. The largest absolute Gasteiger partial charge is 0.491 e. The molecule has 8 heteroatoms. The molecule has 1 fully saturated rings. The van der Waals surface area contributed by atoms with Crippen LogP contribution < -0.4 is 15.4 Å². The SMILES string of the molecule is Cc1cc(OC[C@@H](O)CN2CCN(c3ccc(Cc4ccc(F)cc4)cc3)CC2)c(C)c(C)c1N.Cl.Cl. The van der Waals surface area contributed by atoms with Gasteiger partial charge in [-0.15, -0.1) is 24.8 Å². The van der Waals surface area contributed by atoms with E-state index in [9.17, 15) is 9.50 Å². The fourth-order valence-corrected chi connectivity index (χ4v) is 4.60. The Kier molecular flexibility index (Phi) is 11.5. The number of nitrogens with zero attached hydrogens (tertiary/aromatic N) is 2. The first-order chi connectivity index (χ1) is 16.8. The normalized spacial score (nSPS) is 14.5. The van der Waals surface area contributed by atoms with Gasteiger partial charge >= 0.3 is 0 Å². The van der Waals surface area contributed by atoms with Crippen molar-refractivity contribution in [1.82, 2.24) is 4.90 Å². The monoisotopic (exact) mass is 549 g/mol. The highest BCUT2D eigenvalue weighted by Crippen LogP contribution is 2.29. The summed E-state index contributed by atoms with van der Waals surface area (Å²) in [5.74, 6) is 0.589. The molecule has 0 saturated carbocycles. The lowest BCUT2D eigenvalue weighted by molar-refractivity contribution is 0.0660. The molecule has 0 radical (unpaired) electrons. The summed E-state index contributed by atoms with van der Waals surface area (Å²) in [6, 6.07) is 17.3. The third-order valence-corrected chi connectivity index (χ3v) is 7.00. The number of rotatable bonds is 8. The number of nitrogens with two attached hydrogens (primary N) is 1. The van der Waals surface area contributed by atoms with Crippen molar-refractivity contribution in [2.45, 2.75) is 33.3 Å². The number of aliphatic hydroxyl groups is 1. The first-order valence-corrected chi connectivity index (χ1v) is 12.3. The molecule has 0 aromatic heterocycles. The van der Waals surface area contributed by atoms with E-state index in [0.717, 1.165) is 66.3 Å². The molecule has 5 nitrogen and oxygen atoms in total. The van der Waals surface area contributed by atoms with Crippen LogP contribution in [0.4, 0.5) is 15.8 Å². The van der Waals surface area contributed by atoms with Crippen molar-refractivity contribution in [2.24, 2.45) is 0 Å². The number of β-amino-alcohol motifs (C(OH)–C–C–N with tert-alkyl or cyclic N) is 1. The lowest BCUT2D eigenvalue weighted by atomic mass is 10.0. The zero-order valence-corrected chi connectivity index (χ0v) is 23.4. The van der Waals surface area contributed by atoms with Gasteiger partial charge in [0.1, 0.15) is 24.3 Å². The number of aryl methyl sites for hydroxylation is 1. The summed E-state index contributed by atoms with van der Waals surface area (Å²) < 4.78 is 19.1. The van der Waals surface area contributed by atoms with E-state index in [1.165, 1.54) is 23.4 Å². The Hall–Kier alpha value is -2.51. The third-order valence-electron chi connectivity index (χ3n) is 7.00. The molecule has 1 aliphatic heterocycles. The Morgan fingerprint density at radius 1 is 0.892 bits per heavy atom. The molecule has 3 aromatic rings. The zero-order chi connectivity index (χ0) is 24.9. The number of aliphatic hydroxyl groups excluding tert-OH is 1. The van der Waals surface area contributed by atoms with Gasteiger partial charge in [0.25, 0.3) is 0 Å². The second kappa shape index (κ2) is 13.9. The van der Waals surface area contributed by atoms with Crippen LogP contribution in [0.5, 0.6) is 5.75 Å². The molecule has 3 aromatic carbocycles. The van der Waals surface area contributed by atoms with Crippen LogP contribution in [0.3, 0.4) is 0 Å². The van der Waals surface area contributed by atoms with Gasteiger partial charge in [0.05, 0.1) is 0 Å². The summed E-state index contributed by atoms with van der Waals surface area (Å²) in [6.45, 7) is 10.5. The highest BCUT2D eigenvalue weighted by molar-refractivity contribution is 5.85. The molecule has 37 heavy (non-hydrogen) atoms. The lowest BCUT2D eigenvalue weighted by Gasteiger charge is -2.37. The number of halogens is 3. The molecule has 0 aliphatic carbocycles. The number of piperazine rings is 1. The molecule has 0 spiro atoms. The number of hydrogen-bond acceptors (Lipinski definition) is 5. The molecule has 0 unspecified atom stereocenters. The van der Waals surface area contributed by atoms with Crippen LogP contribution >= 0.6 is 24.8 Å². The minimum Gasteiger partial charge on any atom is -0.491 e. The smallest absolute Gasteiger partial charge is 0.123 e. The van der Waals surface area contributed by atoms with Crippen molar-refractivity contribution in [3.05, 3.63) is 88.2 Å². The zero-order valence-electron chi connectivity index (χ0n) is 21.7. The van der Waals surface area contributed by atoms with E-state index >= 15 is 0 Å². The topological polar surface area (TPSA) is 62.0 Å². The van der Waals surface area contributed by atoms with Gasteiger partial charge in [0, 0.05) is 44.1 Å². The van der Waals surface area contributed by atoms with Crippen molar-refractivity contribution in [3.63, 3.8) is 0 Å². The predicted octanol–water partition coefficient (Wildman–Crippen LogP) is 5.33. The van der Waals surface area contributed by atoms with Gasteiger partial charge in [-0.25, -0.2) is 4.39 Å². The van der Waals surface area contributed by atoms with E-state index in [-0.39, 0.29) is 37.2 Å². The maximum atomic E-state index is 13.1.